The van der Waals surface area contributed by atoms with Crippen molar-refractivity contribution < 1.29 is 52.4 Å². The molecule has 12 heteroatoms. The van der Waals surface area contributed by atoms with Gasteiger partial charge in [-0.25, -0.2) is 0 Å². The minimum Gasteiger partial charge on any atom is -0.481 e. The summed E-state index contributed by atoms with van der Waals surface area (Å²) in [5.41, 5.74) is -0.792. The Morgan fingerprint density at radius 1 is 0.762 bits per heavy atom. The van der Waals surface area contributed by atoms with Crippen molar-refractivity contribution in [3.05, 3.63) is 46.1 Å². The Morgan fingerprint density at radius 2 is 1.31 bits per heavy atom. The van der Waals surface area contributed by atoms with Crippen LogP contribution in [0.25, 0.3) is 22.3 Å². The molecule has 0 aliphatic rings. The number of benzene rings is 2. The molecule has 1 N–H and O–H groups in total. The van der Waals surface area contributed by atoms with Gasteiger partial charge < -0.3 is 28.5 Å². The van der Waals surface area contributed by atoms with Crippen molar-refractivity contribution in [2.45, 2.75) is 66.2 Å². The number of fused-ring (bicyclic) bond motifs is 1. The second-order valence-electron chi connectivity index (χ2n) is 9.01. The van der Waals surface area contributed by atoms with Gasteiger partial charge in [0.2, 0.25) is 11.2 Å². The average Bonchev–Trinajstić information content (AvgIpc) is 2.97. The number of carboxylic acids is 1. The Balaban J connectivity index is 2.40. The number of hydrogen-bond donors (Lipinski definition) is 1. The van der Waals surface area contributed by atoms with Gasteiger partial charge in [0.05, 0.1) is 5.92 Å². The number of carbonyl (C=O) groups is 5. The van der Waals surface area contributed by atoms with Gasteiger partial charge in [0.1, 0.15) is 28.2 Å². The smallest absolute Gasteiger partial charge is 0.311 e. The van der Waals surface area contributed by atoms with Gasteiger partial charge in [0.25, 0.3) is 0 Å². The molecule has 0 saturated carbocycles. The summed E-state index contributed by atoms with van der Waals surface area (Å²) < 4.78 is 27.4. The minimum atomic E-state index is -1.17. The first-order valence-electron chi connectivity index (χ1n) is 13.3. The maximum atomic E-state index is 13.8. The SMILES string of the molecule is CCC(=O)Oc1cc(OC(=O)CC)c2c(=O)c(OC(=O)CC)c(-c3ccc(C(C)C(=O)O)c(OC(=O)CC)c3)oc2c1. The van der Waals surface area contributed by atoms with Gasteiger partial charge in [-0.1, -0.05) is 39.8 Å². The van der Waals surface area contributed by atoms with Gasteiger partial charge in [0.15, 0.2) is 5.76 Å². The molecule has 3 rings (SSSR count). The van der Waals surface area contributed by atoms with Crippen LogP contribution in [0.15, 0.2) is 39.5 Å². The van der Waals surface area contributed by atoms with E-state index < -0.39 is 46.9 Å². The molecular weight excluding hydrogens is 552 g/mol. The third kappa shape index (κ3) is 7.00. The molecule has 1 unspecified atom stereocenters. The molecule has 1 heterocycles. The Labute approximate surface area is 240 Å². The van der Waals surface area contributed by atoms with E-state index in [0.29, 0.717) is 0 Å². The first kappa shape index (κ1) is 31.5. The standard InChI is InChI=1S/C30H30O12/c1-6-22(31)38-17-13-20(40-24(33)8-3)26-21(14-17)41-28(29(27(26)35)42-25(34)9-4)16-10-11-18(15(5)30(36)37)19(12-16)39-23(32)7-2/h10-15H,6-9H2,1-5H3,(H,36,37). The minimum absolute atomic E-state index is 0.00590. The van der Waals surface area contributed by atoms with Crippen molar-refractivity contribution in [3.8, 4) is 34.3 Å². The highest BCUT2D eigenvalue weighted by Crippen LogP contribution is 2.39. The van der Waals surface area contributed by atoms with Crippen molar-refractivity contribution in [1.82, 2.24) is 0 Å². The molecule has 0 amide bonds. The molecule has 0 aliphatic carbocycles. The van der Waals surface area contributed by atoms with Crippen LogP contribution in [-0.2, 0) is 24.0 Å². The quantitative estimate of drug-likeness (QED) is 0.239. The predicted molar refractivity (Wildman–Crippen MR) is 148 cm³/mol. The molecule has 42 heavy (non-hydrogen) atoms. The number of hydrogen-bond acceptors (Lipinski definition) is 11. The molecule has 0 bridgehead atoms. The summed E-state index contributed by atoms with van der Waals surface area (Å²) in [7, 11) is 0. The first-order chi connectivity index (χ1) is 19.9. The van der Waals surface area contributed by atoms with Crippen LogP contribution in [0.4, 0.5) is 0 Å². The number of carbonyl (C=O) groups excluding carboxylic acids is 4. The van der Waals surface area contributed by atoms with Gasteiger partial charge in [-0.2, -0.15) is 0 Å². The van der Waals surface area contributed by atoms with Crippen LogP contribution in [-0.4, -0.2) is 35.0 Å². The van der Waals surface area contributed by atoms with Crippen LogP contribution in [0.5, 0.6) is 23.0 Å². The molecule has 222 valence electrons. The molecule has 12 nitrogen and oxygen atoms in total. The van der Waals surface area contributed by atoms with Crippen LogP contribution in [0, 0.1) is 0 Å². The third-order valence-corrected chi connectivity index (χ3v) is 6.05. The highest BCUT2D eigenvalue weighted by molar-refractivity contribution is 5.92. The Bertz CT molecular complexity index is 1610. The van der Waals surface area contributed by atoms with Gasteiger partial charge in [-0.15, -0.1) is 0 Å². The van der Waals surface area contributed by atoms with E-state index in [2.05, 4.69) is 0 Å². The molecule has 0 saturated heterocycles. The van der Waals surface area contributed by atoms with Crippen molar-refractivity contribution in [2.24, 2.45) is 0 Å². The van der Waals surface area contributed by atoms with Crippen LogP contribution in [0.2, 0.25) is 0 Å². The van der Waals surface area contributed by atoms with Gasteiger partial charge in [-0.05, 0) is 13.0 Å². The summed E-state index contributed by atoms with van der Waals surface area (Å²) in [4.78, 5) is 74.2. The zero-order valence-corrected chi connectivity index (χ0v) is 23.7. The average molecular weight is 583 g/mol. The normalized spacial score (nSPS) is 11.5. The Morgan fingerprint density at radius 3 is 1.88 bits per heavy atom. The maximum Gasteiger partial charge on any atom is 0.311 e. The van der Waals surface area contributed by atoms with Gasteiger partial charge in [-0.3, -0.25) is 28.8 Å². The van der Waals surface area contributed by atoms with E-state index in [4.69, 9.17) is 23.4 Å². The van der Waals surface area contributed by atoms with Crippen molar-refractivity contribution in [1.29, 1.82) is 0 Å². The lowest BCUT2D eigenvalue weighted by atomic mass is 9.97. The molecule has 2 aromatic carbocycles. The molecular formula is C30H30O12. The Kier molecular flexibility index (Phi) is 10.2. The summed E-state index contributed by atoms with van der Waals surface area (Å²) in [5.74, 6) is -6.25. The van der Waals surface area contributed by atoms with Crippen molar-refractivity contribution in [3.63, 3.8) is 0 Å². The lowest BCUT2D eigenvalue weighted by Gasteiger charge is -2.16. The van der Waals surface area contributed by atoms with E-state index >= 15 is 0 Å². The summed E-state index contributed by atoms with van der Waals surface area (Å²) in [6.07, 6.45) is -0.117. The van der Waals surface area contributed by atoms with Crippen molar-refractivity contribution in [2.75, 3.05) is 0 Å². The van der Waals surface area contributed by atoms with Gasteiger partial charge >= 0.3 is 29.8 Å². The van der Waals surface area contributed by atoms with Crippen LogP contribution in [0.1, 0.15) is 71.8 Å². The number of ether oxygens (including phenoxy) is 4. The van der Waals surface area contributed by atoms with Crippen molar-refractivity contribution >= 4 is 40.8 Å². The van der Waals surface area contributed by atoms with E-state index in [1.807, 2.05) is 0 Å². The fourth-order valence-electron chi connectivity index (χ4n) is 3.70. The van der Waals surface area contributed by atoms with Crippen LogP contribution < -0.4 is 24.4 Å². The van der Waals surface area contributed by atoms with E-state index in [9.17, 15) is 33.9 Å². The molecule has 1 aromatic heterocycles. The van der Waals surface area contributed by atoms with E-state index in [1.165, 1.54) is 44.2 Å². The van der Waals surface area contributed by atoms with E-state index in [0.717, 1.165) is 0 Å². The zero-order valence-electron chi connectivity index (χ0n) is 23.7. The second kappa shape index (κ2) is 13.6. The lowest BCUT2D eigenvalue weighted by Crippen LogP contribution is -2.17. The molecule has 3 aromatic rings. The second-order valence-corrected chi connectivity index (χ2v) is 9.01. The van der Waals surface area contributed by atoms with Crippen LogP contribution in [0.3, 0.4) is 0 Å². The van der Waals surface area contributed by atoms with Gasteiger partial charge in [0, 0.05) is 48.9 Å². The summed E-state index contributed by atoms with van der Waals surface area (Å²) in [5, 5.41) is 9.29. The summed E-state index contributed by atoms with van der Waals surface area (Å²) in [6.45, 7) is 7.59. The number of aliphatic carboxylic acids is 1. The number of carboxylic acid groups (broad SMARTS) is 1. The molecule has 0 radical (unpaired) electrons. The van der Waals surface area contributed by atoms with E-state index in [-0.39, 0.29) is 70.8 Å². The first-order valence-corrected chi connectivity index (χ1v) is 13.3. The molecule has 0 fully saturated rings. The number of esters is 4. The monoisotopic (exact) mass is 582 g/mol. The third-order valence-electron chi connectivity index (χ3n) is 6.05. The van der Waals surface area contributed by atoms with Crippen LogP contribution >= 0.6 is 0 Å². The highest BCUT2D eigenvalue weighted by atomic mass is 16.6. The maximum absolute atomic E-state index is 13.8. The Hall–Kier alpha value is -5.00. The van der Waals surface area contributed by atoms with E-state index in [1.54, 1.807) is 20.8 Å². The predicted octanol–water partition coefficient (Wildman–Crippen LogP) is 4.91. The lowest BCUT2D eigenvalue weighted by molar-refractivity contribution is -0.139. The zero-order chi connectivity index (χ0) is 31.1. The highest BCUT2D eigenvalue weighted by Gasteiger charge is 2.27. The fraction of sp³-hybridized carbons (Fsp3) is 0.333. The summed E-state index contributed by atoms with van der Waals surface area (Å²) >= 11 is 0. The molecule has 1 atom stereocenters. The fourth-order valence-corrected chi connectivity index (χ4v) is 3.70. The summed E-state index contributed by atoms with van der Waals surface area (Å²) in [6, 6.07) is 6.49. The topological polar surface area (TPSA) is 173 Å². The largest absolute Gasteiger partial charge is 0.481 e. The molecule has 0 spiro atoms. The number of rotatable bonds is 11. The molecule has 0 aliphatic heterocycles.